The molecule has 0 bridgehead atoms. The number of hydrogen-bond acceptors (Lipinski definition) is 4. The second-order valence-corrected chi connectivity index (χ2v) is 7.18. The number of rotatable bonds is 3. The second-order valence-electron chi connectivity index (χ2n) is 6.24. The Kier molecular flexibility index (Phi) is 4.56. The van der Waals surface area contributed by atoms with Gasteiger partial charge in [0.2, 0.25) is 6.17 Å². The quantitative estimate of drug-likeness (QED) is 0.734. The molecule has 2 amide bonds. The van der Waals surface area contributed by atoms with Gasteiger partial charge in [-0.05, 0) is 30.0 Å². The number of benzene rings is 2. The number of aliphatic imine (C=N–C) groups is 1. The zero-order valence-electron chi connectivity index (χ0n) is 14.6. The van der Waals surface area contributed by atoms with Gasteiger partial charge >= 0.3 is 0 Å². The smallest absolute Gasteiger partial charge is 0.269 e. The fraction of sp³-hybridized carbons (Fsp3) is 0.0952. The molecule has 1 aromatic heterocycles. The van der Waals surface area contributed by atoms with E-state index in [0.29, 0.717) is 16.3 Å². The van der Waals surface area contributed by atoms with E-state index in [2.05, 4.69) is 15.6 Å². The van der Waals surface area contributed by atoms with Crippen LogP contribution in [0.3, 0.4) is 0 Å². The molecule has 3 aromatic rings. The predicted octanol–water partition coefficient (Wildman–Crippen LogP) is 3.60. The summed E-state index contributed by atoms with van der Waals surface area (Å²) in [6.45, 7) is 1.96. The molecule has 1 aliphatic rings. The van der Waals surface area contributed by atoms with E-state index in [1.807, 2.05) is 60.8 Å². The molecule has 1 atom stereocenters. The van der Waals surface area contributed by atoms with Crippen LogP contribution >= 0.6 is 11.3 Å². The Morgan fingerprint density at radius 2 is 1.93 bits per heavy atom. The van der Waals surface area contributed by atoms with Gasteiger partial charge in [-0.2, -0.15) is 0 Å². The Hall–Kier alpha value is -3.25. The minimum atomic E-state index is -1.01. The van der Waals surface area contributed by atoms with Gasteiger partial charge in [0, 0.05) is 11.1 Å². The molecule has 5 nitrogen and oxygen atoms in total. The van der Waals surface area contributed by atoms with E-state index >= 15 is 0 Å². The molecule has 0 fully saturated rings. The summed E-state index contributed by atoms with van der Waals surface area (Å²) in [7, 11) is 0. The highest BCUT2D eigenvalue weighted by atomic mass is 32.1. The Bertz CT molecular complexity index is 1030. The SMILES string of the molecule is Cc1ccc2c(c1)NC(=O)C(NC(=O)c1cccs1)N=C2c1ccccc1. The van der Waals surface area contributed by atoms with Gasteiger partial charge in [0.05, 0.1) is 16.3 Å². The van der Waals surface area contributed by atoms with Crippen LogP contribution in [-0.4, -0.2) is 23.7 Å². The van der Waals surface area contributed by atoms with E-state index in [1.54, 1.807) is 12.1 Å². The number of carbonyl (C=O) groups excluding carboxylic acids is 2. The highest BCUT2D eigenvalue weighted by Crippen LogP contribution is 2.25. The van der Waals surface area contributed by atoms with Crippen molar-refractivity contribution >= 4 is 34.6 Å². The maximum Gasteiger partial charge on any atom is 0.269 e. The van der Waals surface area contributed by atoms with Crippen LogP contribution in [0.15, 0.2) is 71.0 Å². The summed E-state index contributed by atoms with van der Waals surface area (Å²) >= 11 is 1.32. The minimum Gasteiger partial charge on any atom is -0.322 e. The molecule has 0 spiro atoms. The number of anilines is 1. The van der Waals surface area contributed by atoms with Crippen LogP contribution in [0.2, 0.25) is 0 Å². The van der Waals surface area contributed by atoms with Gasteiger partial charge in [-0.15, -0.1) is 11.3 Å². The highest BCUT2D eigenvalue weighted by Gasteiger charge is 2.27. The Morgan fingerprint density at radius 1 is 1.11 bits per heavy atom. The van der Waals surface area contributed by atoms with Gasteiger partial charge in [-0.1, -0.05) is 48.5 Å². The Morgan fingerprint density at radius 3 is 2.67 bits per heavy atom. The number of nitrogens with one attached hydrogen (secondary N) is 2. The molecule has 6 heteroatoms. The van der Waals surface area contributed by atoms with E-state index < -0.39 is 6.17 Å². The third-order valence-corrected chi connectivity index (χ3v) is 5.12. The lowest BCUT2D eigenvalue weighted by molar-refractivity contribution is -0.117. The Labute approximate surface area is 160 Å². The molecular weight excluding hydrogens is 358 g/mol. The maximum atomic E-state index is 12.7. The number of benzodiazepines with no additional fused rings is 1. The first-order valence-electron chi connectivity index (χ1n) is 8.51. The van der Waals surface area contributed by atoms with Crippen LogP contribution in [-0.2, 0) is 4.79 Å². The van der Waals surface area contributed by atoms with Crippen molar-refractivity contribution in [2.24, 2.45) is 4.99 Å². The first-order valence-corrected chi connectivity index (χ1v) is 9.39. The average Bonchev–Trinajstić information content (AvgIpc) is 3.17. The van der Waals surface area contributed by atoms with E-state index in [-0.39, 0.29) is 11.8 Å². The molecule has 2 heterocycles. The summed E-state index contributed by atoms with van der Waals surface area (Å²) < 4.78 is 0. The predicted molar refractivity (Wildman–Crippen MR) is 107 cm³/mol. The summed E-state index contributed by atoms with van der Waals surface area (Å²) in [5.41, 5.74) is 4.10. The molecule has 4 rings (SSSR count). The second kappa shape index (κ2) is 7.17. The first kappa shape index (κ1) is 17.2. The first-order chi connectivity index (χ1) is 13.1. The average molecular weight is 375 g/mol. The van der Waals surface area contributed by atoms with Crippen LogP contribution in [0.1, 0.15) is 26.4 Å². The number of amides is 2. The van der Waals surface area contributed by atoms with Crippen molar-refractivity contribution in [3.05, 3.63) is 87.6 Å². The molecule has 134 valence electrons. The monoisotopic (exact) mass is 375 g/mol. The number of hydrogen-bond donors (Lipinski definition) is 2. The fourth-order valence-corrected chi connectivity index (χ4v) is 3.58. The molecule has 2 N–H and O–H groups in total. The van der Waals surface area contributed by atoms with Crippen LogP contribution < -0.4 is 10.6 Å². The lowest BCUT2D eigenvalue weighted by atomic mass is 9.99. The zero-order chi connectivity index (χ0) is 18.8. The van der Waals surface area contributed by atoms with Gasteiger partial charge < -0.3 is 10.6 Å². The summed E-state index contributed by atoms with van der Waals surface area (Å²) in [5.74, 6) is -0.680. The van der Waals surface area contributed by atoms with Gasteiger partial charge in [0.1, 0.15) is 0 Å². The number of nitrogens with zero attached hydrogens (tertiary/aromatic N) is 1. The largest absolute Gasteiger partial charge is 0.322 e. The molecule has 0 saturated heterocycles. The van der Waals surface area contributed by atoms with E-state index in [9.17, 15) is 9.59 Å². The fourth-order valence-electron chi connectivity index (χ4n) is 2.95. The lowest BCUT2D eigenvalue weighted by Gasteiger charge is -2.12. The van der Waals surface area contributed by atoms with Gasteiger partial charge in [-0.25, -0.2) is 4.99 Å². The van der Waals surface area contributed by atoms with Crippen molar-refractivity contribution < 1.29 is 9.59 Å². The topological polar surface area (TPSA) is 70.6 Å². The molecular formula is C21H17N3O2S. The summed E-state index contributed by atoms with van der Waals surface area (Å²) in [6.07, 6.45) is -1.01. The van der Waals surface area contributed by atoms with Crippen LogP contribution in [0.4, 0.5) is 5.69 Å². The molecule has 1 unspecified atom stereocenters. The number of fused-ring (bicyclic) bond motifs is 1. The van der Waals surface area contributed by atoms with Crippen molar-refractivity contribution in [2.45, 2.75) is 13.1 Å². The summed E-state index contributed by atoms with van der Waals surface area (Å²) in [4.78, 5) is 30.4. The van der Waals surface area contributed by atoms with Crippen LogP contribution in [0.5, 0.6) is 0 Å². The van der Waals surface area contributed by atoms with E-state index in [4.69, 9.17) is 0 Å². The summed E-state index contributed by atoms with van der Waals surface area (Å²) in [6, 6.07) is 19.0. The molecule has 0 radical (unpaired) electrons. The zero-order valence-corrected chi connectivity index (χ0v) is 15.4. The minimum absolute atomic E-state index is 0.316. The molecule has 0 aliphatic carbocycles. The van der Waals surface area contributed by atoms with Crippen molar-refractivity contribution in [3.63, 3.8) is 0 Å². The van der Waals surface area contributed by atoms with E-state index in [1.165, 1.54) is 11.3 Å². The highest BCUT2D eigenvalue weighted by molar-refractivity contribution is 7.12. The lowest BCUT2D eigenvalue weighted by Crippen LogP contribution is -2.42. The molecule has 0 saturated carbocycles. The van der Waals surface area contributed by atoms with Gasteiger partial charge in [0.15, 0.2) is 0 Å². The van der Waals surface area contributed by atoms with Crippen molar-refractivity contribution in [1.29, 1.82) is 0 Å². The molecule has 27 heavy (non-hydrogen) atoms. The maximum absolute atomic E-state index is 12.7. The molecule has 2 aromatic carbocycles. The van der Waals surface area contributed by atoms with E-state index in [0.717, 1.165) is 16.7 Å². The third-order valence-electron chi connectivity index (χ3n) is 4.25. The third kappa shape index (κ3) is 3.52. The van der Waals surface area contributed by atoms with Crippen LogP contribution in [0.25, 0.3) is 0 Å². The number of thiophene rings is 1. The van der Waals surface area contributed by atoms with Gasteiger partial charge in [-0.3, -0.25) is 9.59 Å². The van der Waals surface area contributed by atoms with Crippen molar-refractivity contribution in [1.82, 2.24) is 5.32 Å². The van der Waals surface area contributed by atoms with Crippen LogP contribution in [0, 0.1) is 6.92 Å². The van der Waals surface area contributed by atoms with Gasteiger partial charge in [0.25, 0.3) is 11.8 Å². The number of carbonyl (C=O) groups is 2. The normalized spacial score (nSPS) is 16.0. The standard InChI is InChI=1S/C21H17N3O2S/c1-13-9-10-15-16(12-13)22-21(26)19(24-20(25)17-8-5-11-27-17)23-18(15)14-6-3-2-4-7-14/h2-12,19H,1H3,(H,22,26)(H,24,25). The van der Waals surface area contributed by atoms with Crippen molar-refractivity contribution in [3.8, 4) is 0 Å². The molecule has 1 aliphatic heterocycles. The Balaban J connectivity index is 1.78. The van der Waals surface area contributed by atoms with Crippen molar-refractivity contribution in [2.75, 3.05) is 5.32 Å². The summed E-state index contributed by atoms with van der Waals surface area (Å²) in [5, 5.41) is 7.45. The number of aryl methyl sites for hydroxylation is 1.